The van der Waals surface area contributed by atoms with Gasteiger partial charge in [-0.05, 0) is 5.92 Å². The van der Waals surface area contributed by atoms with Crippen LogP contribution in [-0.2, 0) is 4.79 Å². The molecule has 2 atom stereocenters. The summed E-state index contributed by atoms with van der Waals surface area (Å²) in [6.07, 6.45) is -1.44. The van der Waals surface area contributed by atoms with Crippen molar-refractivity contribution >= 4 is 5.97 Å². The van der Waals surface area contributed by atoms with Gasteiger partial charge in [0.25, 0.3) is 0 Å². The molecule has 0 aromatic carbocycles. The number of aliphatic hydroxyl groups excluding tert-OH is 1. The lowest BCUT2D eigenvalue weighted by Gasteiger charge is -2.17. The molecule has 0 aliphatic rings. The lowest BCUT2D eigenvalue weighted by molar-refractivity contribution is -0.148. The summed E-state index contributed by atoms with van der Waals surface area (Å²) in [7, 11) is 0. The Bertz CT molecular complexity index is 124. The number of carboxylic acids is 1. The molecule has 0 saturated carbocycles. The van der Waals surface area contributed by atoms with Crippen molar-refractivity contribution in [3.8, 4) is 0 Å². The minimum absolute atomic E-state index is 0.0221. The van der Waals surface area contributed by atoms with Crippen LogP contribution in [-0.4, -0.2) is 28.3 Å². The Labute approximate surface area is 59.7 Å². The summed E-state index contributed by atoms with van der Waals surface area (Å²) >= 11 is 0. The Morgan fingerprint density at radius 2 is 1.90 bits per heavy atom. The van der Waals surface area contributed by atoms with Gasteiger partial charge in [-0.3, -0.25) is 0 Å². The van der Waals surface area contributed by atoms with E-state index in [9.17, 15) is 4.79 Å². The van der Waals surface area contributed by atoms with Crippen LogP contribution >= 0.6 is 0 Å². The van der Waals surface area contributed by atoms with E-state index in [1.807, 2.05) is 0 Å². The van der Waals surface area contributed by atoms with Crippen molar-refractivity contribution in [2.45, 2.75) is 26.0 Å². The topological polar surface area (TPSA) is 83.5 Å². The number of hydrogen-bond donors (Lipinski definition) is 3. The highest BCUT2D eigenvalue weighted by molar-refractivity contribution is 5.72. The largest absolute Gasteiger partial charge is 0.479 e. The van der Waals surface area contributed by atoms with Crippen LogP contribution in [0.4, 0.5) is 0 Å². The maximum absolute atomic E-state index is 10.1. The van der Waals surface area contributed by atoms with Crippen molar-refractivity contribution < 1.29 is 15.0 Å². The highest BCUT2D eigenvalue weighted by atomic mass is 16.4. The van der Waals surface area contributed by atoms with Crippen molar-refractivity contribution in [2.24, 2.45) is 11.7 Å². The van der Waals surface area contributed by atoms with E-state index in [-0.39, 0.29) is 5.92 Å². The molecule has 0 heterocycles. The van der Waals surface area contributed by atoms with Crippen LogP contribution in [0.25, 0.3) is 0 Å². The molecular weight excluding hydrogens is 134 g/mol. The van der Waals surface area contributed by atoms with Crippen molar-refractivity contribution in [2.75, 3.05) is 0 Å². The molecule has 0 aliphatic heterocycles. The van der Waals surface area contributed by atoms with Gasteiger partial charge in [0.2, 0.25) is 0 Å². The number of hydrogen-bond acceptors (Lipinski definition) is 3. The molecule has 60 valence electrons. The van der Waals surface area contributed by atoms with Gasteiger partial charge in [-0.25, -0.2) is 4.79 Å². The maximum Gasteiger partial charge on any atom is 0.334 e. The highest BCUT2D eigenvalue weighted by Crippen LogP contribution is 2.02. The summed E-state index contributed by atoms with van der Waals surface area (Å²) in [6, 6.07) is -0.683. The first-order valence-corrected chi connectivity index (χ1v) is 3.13. The van der Waals surface area contributed by atoms with E-state index in [0.29, 0.717) is 0 Å². The van der Waals surface area contributed by atoms with Gasteiger partial charge in [0.05, 0.1) is 0 Å². The second-order valence-electron chi connectivity index (χ2n) is 2.60. The smallest absolute Gasteiger partial charge is 0.334 e. The molecule has 0 saturated heterocycles. The summed E-state index contributed by atoms with van der Waals surface area (Å²) in [6.45, 7) is 3.52. The number of carboxylic acid groups (broad SMARTS) is 1. The molecule has 10 heavy (non-hydrogen) atoms. The van der Waals surface area contributed by atoms with E-state index in [1.165, 1.54) is 0 Å². The third-order valence-electron chi connectivity index (χ3n) is 1.39. The van der Waals surface area contributed by atoms with Crippen LogP contribution < -0.4 is 5.73 Å². The summed E-state index contributed by atoms with van der Waals surface area (Å²) in [5.41, 5.74) is 5.33. The predicted molar refractivity (Wildman–Crippen MR) is 36.5 cm³/mol. The Hall–Kier alpha value is -0.610. The molecule has 0 spiro atoms. The molecule has 0 aromatic heterocycles. The zero-order chi connectivity index (χ0) is 8.31. The van der Waals surface area contributed by atoms with Crippen LogP contribution in [0.15, 0.2) is 0 Å². The normalized spacial score (nSPS) is 16.9. The van der Waals surface area contributed by atoms with Crippen molar-refractivity contribution in [3.05, 3.63) is 0 Å². The Kier molecular flexibility index (Phi) is 3.32. The SMILES string of the molecule is CC(C)[C@@H](N)[C@H](O)C(=O)O. The van der Waals surface area contributed by atoms with Crippen LogP contribution in [0.5, 0.6) is 0 Å². The van der Waals surface area contributed by atoms with E-state index >= 15 is 0 Å². The first-order chi connectivity index (χ1) is 4.46. The lowest BCUT2D eigenvalue weighted by Crippen LogP contribution is -2.43. The van der Waals surface area contributed by atoms with Crippen LogP contribution in [0, 0.1) is 5.92 Å². The van der Waals surface area contributed by atoms with Crippen molar-refractivity contribution in [1.29, 1.82) is 0 Å². The third kappa shape index (κ3) is 2.33. The maximum atomic E-state index is 10.1. The van der Waals surface area contributed by atoms with Gasteiger partial charge in [0, 0.05) is 6.04 Å². The van der Waals surface area contributed by atoms with Crippen LogP contribution in [0.3, 0.4) is 0 Å². The number of rotatable bonds is 3. The molecule has 0 fully saturated rings. The quantitative estimate of drug-likeness (QED) is 0.498. The summed E-state index contributed by atoms with van der Waals surface area (Å²) in [5, 5.41) is 17.1. The van der Waals surface area contributed by atoms with Crippen molar-refractivity contribution in [1.82, 2.24) is 0 Å². The zero-order valence-corrected chi connectivity index (χ0v) is 6.11. The first kappa shape index (κ1) is 9.39. The van der Waals surface area contributed by atoms with E-state index in [2.05, 4.69) is 0 Å². The second kappa shape index (κ2) is 3.53. The fraction of sp³-hybridized carbons (Fsp3) is 0.833. The zero-order valence-electron chi connectivity index (χ0n) is 6.11. The minimum Gasteiger partial charge on any atom is -0.479 e. The summed E-state index contributed by atoms with van der Waals surface area (Å²) < 4.78 is 0. The molecule has 0 aromatic rings. The summed E-state index contributed by atoms with van der Waals surface area (Å²) in [4.78, 5) is 10.1. The Morgan fingerprint density at radius 3 is 2.00 bits per heavy atom. The van der Waals surface area contributed by atoms with Crippen molar-refractivity contribution in [3.63, 3.8) is 0 Å². The van der Waals surface area contributed by atoms with Crippen LogP contribution in [0.1, 0.15) is 13.8 Å². The standard InChI is InChI=1S/C6H13NO3/c1-3(2)4(7)5(8)6(9)10/h3-5,8H,7H2,1-2H3,(H,9,10)/t4-,5+/m1/s1. The third-order valence-corrected chi connectivity index (χ3v) is 1.39. The predicted octanol–water partition coefficient (Wildman–Crippen LogP) is -0.585. The fourth-order valence-corrected chi connectivity index (χ4v) is 0.529. The minimum atomic E-state index is -1.44. The number of nitrogens with two attached hydrogens (primary N) is 1. The molecule has 0 aliphatic carbocycles. The van der Waals surface area contributed by atoms with E-state index in [0.717, 1.165) is 0 Å². The van der Waals surface area contributed by atoms with E-state index in [4.69, 9.17) is 15.9 Å². The molecule has 0 rings (SSSR count). The van der Waals surface area contributed by atoms with Gasteiger partial charge >= 0.3 is 5.97 Å². The molecule has 4 heteroatoms. The number of aliphatic hydroxyl groups is 1. The monoisotopic (exact) mass is 147 g/mol. The molecular formula is C6H13NO3. The van der Waals surface area contributed by atoms with Crippen LogP contribution in [0.2, 0.25) is 0 Å². The van der Waals surface area contributed by atoms with Gasteiger partial charge in [-0.1, -0.05) is 13.8 Å². The Balaban J connectivity index is 3.94. The van der Waals surface area contributed by atoms with Gasteiger partial charge in [-0.2, -0.15) is 0 Å². The number of aliphatic carboxylic acids is 1. The average molecular weight is 147 g/mol. The van der Waals surface area contributed by atoms with Gasteiger partial charge < -0.3 is 15.9 Å². The Morgan fingerprint density at radius 1 is 1.50 bits per heavy atom. The fourth-order valence-electron chi connectivity index (χ4n) is 0.529. The molecule has 0 bridgehead atoms. The van der Waals surface area contributed by atoms with Gasteiger partial charge in [0.15, 0.2) is 6.10 Å². The molecule has 0 amide bonds. The summed E-state index contributed by atoms with van der Waals surface area (Å²) in [5.74, 6) is -1.28. The molecule has 4 nitrogen and oxygen atoms in total. The highest BCUT2D eigenvalue weighted by Gasteiger charge is 2.24. The van der Waals surface area contributed by atoms with Gasteiger partial charge in [0.1, 0.15) is 0 Å². The average Bonchev–Trinajstić information content (AvgIpc) is 1.84. The lowest BCUT2D eigenvalue weighted by atomic mass is 10.00. The second-order valence-corrected chi connectivity index (χ2v) is 2.60. The van der Waals surface area contributed by atoms with E-state index < -0.39 is 18.1 Å². The molecule has 0 unspecified atom stereocenters. The van der Waals surface area contributed by atoms with E-state index in [1.54, 1.807) is 13.8 Å². The number of carbonyl (C=O) groups is 1. The van der Waals surface area contributed by atoms with Gasteiger partial charge in [-0.15, -0.1) is 0 Å². The molecule has 4 N–H and O–H groups in total. The molecule has 0 radical (unpaired) electrons. The first-order valence-electron chi connectivity index (χ1n) is 3.13.